The summed E-state index contributed by atoms with van der Waals surface area (Å²) >= 11 is 5.97. The van der Waals surface area contributed by atoms with E-state index in [0.717, 1.165) is 19.4 Å². The maximum atomic E-state index is 13.5. The summed E-state index contributed by atoms with van der Waals surface area (Å²) in [4.78, 5) is 37.3. The van der Waals surface area contributed by atoms with Gasteiger partial charge < -0.3 is 20.3 Å². The van der Waals surface area contributed by atoms with Gasteiger partial charge >= 0.3 is 0 Å². The smallest absolute Gasteiger partial charge is 0.253 e. The summed E-state index contributed by atoms with van der Waals surface area (Å²) in [5.41, 5.74) is 1.14. The molecule has 36 heavy (non-hydrogen) atoms. The van der Waals surface area contributed by atoms with Gasteiger partial charge in [-0.25, -0.2) is 9.37 Å². The SMILES string of the molecule is COc1nc(N[C@@H]2CCN(C(=O)c3ccc(NC(=O)/C=C/CN4CCC[C@H](F)C4)cc3)C2)ncc1Cl. The van der Waals surface area contributed by atoms with E-state index < -0.39 is 6.17 Å². The Morgan fingerprint density at radius 2 is 2.03 bits per heavy atom. The van der Waals surface area contributed by atoms with Crippen LogP contribution in [0.5, 0.6) is 5.88 Å². The Balaban J connectivity index is 1.24. The number of carbonyl (C=O) groups excluding carboxylic acids is 2. The molecule has 3 heterocycles. The monoisotopic (exact) mass is 516 g/mol. The number of rotatable bonds is 8. The van der Waals surface area contributed by atoms with Crippen LogP contribution in [-0.2, 0) is 4.79 Å². The highest BCUT2D eigenvalue weighted by Crippen LogP contribution is 2.23. The number of aromatic nitrogens is 2. The maximum absolute atomic E-state index is 13.5. The van der Waals surface area contributed by atoms with Crippen molar-refractivity contribution in [1.29, 1.82) is 0 Å². The summed E-state index contributed by atoms with van der Waals surface area (Å²) in [5.74, 6) is 0.337. The number of amides is 2. The Kier molecular flexibility index (Phi) is 8.71. The molecule has 2 fully saturated rings. The van der Waals surface area contributed by atoms with Crippen molar-refractivity contribution in [2.24, 2.45) is 0 Å². The predicted octanol–water partition coefficient (Wildman–Crippen LogP) is 3.39. The van der Waals surface area contributed by atoms with Gasteiger partial charge in [0.15, 0.2) is 0 Å². The zero-order chi connectivity index (χ0) is 25.5. The number of piperidine rings is 1. The molecule has 0 saturated carbocycles. The van der Waals surface area contributed by atoms with Crippen LogP contribution in [0.4, 0.5) is 16.0 Å². The average Bonchev–Trinajstić information content (AvgIpc) is 3.34. The van der Waals surface area contributed by atoms with Crippen LogP contribution in [0, 0.1) is 0 Å². The van der Waals surface area contributed by atoms with E-state index in [0.29, 0.717) is 60.7 Å². The average molecular weight is 517 g/mol. The van der Waals surface area contributed by atoms with E-state index in [-0.39, 0.29) is 17.9 Å². The molecule has 2 aliphatic heterocycles. The third kappa shape index (κ3) is 6.92. The Labute approximate surface area is 214 Å². The number of ether oxygens (including phenoxy) is 1. The molecule has 9 nitrogen and oxygen atoms in total. The van der Waals surface area contributed by atoms with E-state index >= 15 is 0 Å². The van der Waals surface area contributed by atoms with E-state index in [2.05, 4.69) is 20.6 Å². The van der Waals surface area contributed by atoms with Gasteiger partial charge in [0.05, 0.1) is 13.3 Å². The predicted molar refractivity (Wildman–Crippen MR) is 136 cm³/mol. The highest BCUT2D eigenvalue weighted by molar-refractivity contribution is 6.31. The molecule has 0 aliphatic carbocycles. The van der Waals surface area contributed by atoms with Gasteiger partial charge in [0.2, 0.25) is 17.7 Å². The number of nitrogens with zero attached hydrogens (tertiary/aromatic N) is 4. The third-order valence-corrected chi connectivity index (χ3v) is 6.45. The number of likely N-dealkylation sites (tertiary alicyclic amines) is 2. The van der Waals surface area contributed by atoms with Crippen molar-refractivity contribution in [3.63, 3.8) is 0 Å². The Morgan fingerprint density at radius 3 is 2.78 bits per heavy atom. The van der Waals surface area contributed by atoms with Crippen molar-refractivity contribution >= 4 is 35.1 Å². The Morgan fingerprint density at radius 1 is 1.22 bits per heavy atom. The van der Waals surface area contributed by atoms with Crippen molar-refractivity contribution in [2.45, 2.75) is 31.5 Å². The maximum Gasteiger partial charge on any atom is 0.253 e. The fourth-order valence-corrected chi connectivity index (χ4v) is 4.51. The molecule has 0 unspecified atom stereocenters. The number of nitrogens with one attached hydrogen (secondary N) is 2. The van der Waals surface area contributed by atoms with Gasteiger partial charge in [-0.3, -0.25) is 14.5 Å². The van der Waals surface area contributed by atoms with E-state index in [1.807, 2.05) is 4.90 Å². The van der Waals surface area contributed by atoms with E-state index in [1.165, 1.54) is 19.4 Å². The number of methoxy groups -OCH3 is 1. The summed E-state index contributed by atoms with van der Waals surface area (Å²) in [6.07, 6.45) is 6.09. The molecule has 2 amide bonds. The van der Waals surface area contributed by atoms with Crippen LogP contribution in [0.1, 0.15) is 29.6 Å². The highest BCUT2D eigenvalue weighted by atomic mass is 35.5. The van der Waals surface area contributed by atoms with Crippen LogP contribution in [0.2, 0.25) is 5.02 Å². The fraction of sp³-hybridized carbons (Fsp3) is 0.440. The molecule has 2 atom stereocenters. The van der Waals surface area contributed by atoms with E-state index in [1.54, 1.807) is 35.2 Å². The molecule has 11 heteroatoms. The highest BCUT2D eigenvalue weighted by Gasteiger charge is 2.27. The van der Waals surface area contributed by atoms with Crippen LogP contribution < -0.4 is 15.4 Å². The van der Waals surface area contributed by atoms with E-state index in [4.69, 9.17) is 16.3 Å². The molecule has 192 valence electrons. The summed E-state index contributed by atoms with van der Waals surface area (Å²) in [6.45, 7) is 2.92. The first-order valence-corrected chi connectivity index (χ1v) is 12.4. The van der Waals surface area contributed by atoms with Crippen molar-refractivity contribution in [3.05, 3.63) is 53.2 Å². The van der Waals surface area contributed by atoms with Gasteiger partial charge in [-0.1, -0.05) is 17.7 Å². The molecular weight excluding hydrogens is 487 g/mol. The molecule has 0 radical (unpaired) electrons. The summed E-state index contributed by atoms with van der Waals surface area (Å²) in [7, 11) is 1.49. The first kappa shape index (κ1) is 25.8. The zero-order valence-electron chi connectivity index (χ0n) is 20.1. The second kappa shape index (κ2) is 12.1. The molecule has 2 aliphatic rings. The van der Waals surface area contributed by atoms with Gasteiger partial charge in [-0.05, 0) is 50.1 Å². The molecule has 2 aromatic rings. The lowest BCUT2D eigenvalue weighted by molar-refractivity contribution is -0.111. The van der Waals surface area contributed by atoms with Gasteiger partial charge in [-0.15, -0.1) is 0 Å². The molecule has 0 spiro atoms. The second-order valence-electron chi connectivity index (χ2n) is 8.90. The standard InChI is InChI=1S/C25H30ClFN6O3/c1-36-23-21(26)14-28-25(31-23)30-20-10-13-33(16-20)24(35)17-6-8-19(9-7-17)29-22(34)5-3-12-32-11-2-4-18(27)15-32/h3,5-9,14,18,20H,2,4,10-13,15-16H2,1H3,(H,29,34)(H,28,30,31)/b5-3+/t18-,20+/m0/s1. The minimum absolute atomic E-state index is 0.00547. The zero-order valence-corrected chi connectivity index (χ0v) is 20.9. The van der Waals surface area contributed by atoms with Gasteiger partial charge in [-0.2, -0.15) is 4.98 Å². The van der Waals surface area contributed by atoms with Crippen LogP contribution >= 0.6 is 11.6 Å². The second-order valence-corrected chi connectivity index (χ2v) is 9.31. The lowest BCUT2D eigenvalue weighted by atomic mass is 10.1. The fourth-order valence-electron chi connectivity index (χ4n) is 4.35. The first-order chi connectivity index (χ1) is 17.4. The molecular formula is C25H30ClFN6O3. The molecule has 4 rings (SSSR count). The van der Waals surface area contributed by atoms with Crippen LogP contribution in [-0.4, -0.2) is 83.6 Å². The van der Waals surface area contributed by atoms with Crippen LogP contribution in [0.15, 0.2) is 42.6 Å². The molecule has 2 N–H and O–H groups in total. The number of benzene rings is 1. The number of hydrogen-bond acceptors (Lipinski definition) is 7. The quantitative estimate of drug-likeness (QED) is 0.519. The topological polar surface area (TPSA) is 99.7 Å². The van der Waals surface area contributed by atoms with Crippen molar-refractivity contribution in [3.8, 4) is 5.88 Å². The minimum atomic E-state index is -0.786. The van der Waals surface area contributed by atoms with Gasteiger partial charge in [0.1, 0.15) is 11.2 Å². The van der Waals surface area contributed by atoms with Crippen molar-refractivity contribution in [1.82, 2.24) is 19.8 Å². The first-order valence-electron chi connectivity index (χ1n) is 12.0. The van der Waals surface area contributed by atoms with Crippen LogP contribution in [0.25, 0.3) is 0 Å². The molecule has 0 bridgehead atoms. The Bertz CT molecular complexity index is 1100. The number of hydrogen-bond donors (Lipinski definition) is 2. The third-order valence-electron chi connectivity index (χ3n) is 6.19. The number of alkyl halides is 1. The van der Waals surface area contributed by atoms with Crippen LogP contribution in [0.3, 0.4) is 0 Å². The number of anilines is 2. The Hall–Kier alpha value is -3.24. The van der Waals surface area contributed by atoms with Crippen molar-refractivity contribution < 1.29 is 18.7 Å². The summed E-state index contributed by atoms with van der Waals surface area (Å²) < 4.78 is 18.6. The normalized spacial score (nSPS) is 20.5. The summed E-state index contributed by atoms with van der Waals surface area (Å²) in [6, 6.07) is 6.81. The molecule has 1 aromatic carbocycles. The van der Waals surface area contributed by atoms with Gasteiger partial charge in [0, 0.05) is 49.5 Å². The lowest BCUT2D eigenvalue weighted by Crippen LogP contribution is -2.36. The molecule has 2 saturated heterocycles. The number of carbonyl (C=O) groups is 2. The summed E-state index contributed by atoms with van der Waals surface area (Å²) in [5, 5.41) is 6.33. The van der Waals surface area contributed by atoms with E-state index in [9.17, 15) is 14.0 Å². The lowest BCUT2D eigenvalue weighted by Gasteiger charge is -2.27. The van der Waals surface area contributed by atoms with Crippen molar-refractivity contribution in [2.75, 3.05) is 50.5 Å². The minimum Gasteiger partial charge on any atom is -0.480 e. The van der Waals surface area contributed by atoms with Gasteiger partial charge in [0.25, 0.3) is 5.91 Å². The molecule has 1 aromatic heterocycles. The number of halogens is 2. The largest absolute Gasteiger partial charge is 0.480 e.